The summed E-state index contributed by atoms with van der Waals surface area (Å²) in [6, 6.07) is 19.8. The molecule has 1 aromatic heterocycles. The van der Waals surface area contributed by atoms with Crippen molar-refractivity contribution in [3.63, 3.8) is 0 Å². The van der Waals surface area contributed by atoms with Gasteiger partial charge in [-0.3, -0.25) is 4.79 Å². The number of ether oxygens (including phenoxy) is 2. The Hall–Kier alpha value is -3.99. The zero-order valence-corrected chi connectivity index (χ0v) is 20.9. The van der Waals surface area contributed by atoms with Gasteiger partial charge < -0.3 is 19.2 Å². The van der Waals surface area contributed by atoms with Gasteiger partial charge in [-0.1, -0.05) is 42.5 Å². The molecule has 5 heteroatoms. The van der Waals surface area contributed by atoms with E-state index in [-0.39, 0.29) is 5.91 Å². The molecule has 5 nitrogen and oxygen atoms in total. The number of allylic oxidation sites excluding steroid dienone is 1. The Morgan fingerprint density at radius 2 is 1.69 bits per heavy atom. The van der Waals surface area contributed by atoms with Crippen LogP contribution < -0.4 is 14.8 Å². The average molecular weight is 470 g/mol. The van der Waals surface area contributed by atoms with E-state index in [4.69, 9.17) is 13.9 Å². The Balaban J connectivity index is 1.41. The summed E-state index contributed by atoms with van der Waals surface area (Å²) in [5.41, 5.74) is 6.68. The second-order valence-electron chi connectivity index (χ2n) is 8.71. The molecule has 3 aromatic carbocycles. The van der Waals surface area contributed by atoms with Crippen molar-refractivity contribution in [2.24, 2.45) is 0 Å². The first kappa shape index (κ1) is 24.1. The number of amides is 1. The monoisotopic (exact) mass is 469 g/mol. The minimum atomic E-state index is -0.160. The molecule has 0 spiro atoms. The maximum Gasteiger partial charge on any atom is 0.244 e. The molecular formula is C30H31NO4. The summed E-state index contributed by atoms with van der Waals surface area (Å²) >= 11 is 0. The van der Waals surface area contributed by atoms with Crippen molar-refractivity contribution in [1.82, 2.24) is 5.32 Å². The van der Waals surface area contributed by atoms with E-state index in [1.165, 1.54) is 0 Å². The number of furan rings is 1. The zero-order chi connectivity index (χ0) is 24.9. The van der Waals surface area contributed by atoms with Gasteiger partial charge in [0.1, 0.15) is 29.4 Å². The van der Waals surface area contributed by atoms with E-state index < -0.39 is 0 Å². The van der Waals surface area contributed by atoms with Gasteiger partial charge in [-0.2, -0.15) is 0 Å². The van der Waals surface area contributed by atoms with Crippen LogP contribution in [-0.4, -0.2) is 13.0 Å². The quantitative estimate of drug-likeness (QED) is 0.293. The van der Waals surface area contributed by atoms with E-state index in [0.29, 0.717) is 13.2 Å². The summed E-state index contributed by atoms with van der Waals surface area (Å²) < 4.78 is 17.4. The molecule has 1 N–H and O–H groups in total. The molecule has 0 radical (unpaired) electrons. The second-order valence-corrected chi connectivity index (χ2v) is 8.71. The number of hydrogen-bond acceptors (Lipinski definition) is 4. The van der Waals surface area contributed by atoms with Crippen LogP contribution in [0.4, 0.5) is 0 Å². The largest absolute Gasteiger partial charge is 0.496 e. The third kappa shape index (κ3) is 5.40. The van der Waals surface area contributed by atoms with E-state index in [1.807, 2.05) is 88.4 Å². The lowest BCUT2D eigenvalue weighted by atomic mass is 9.98. The lowest BCUT2D eigenvalue weighted by Gasteiger charge is -2.13. The molecular weight excluding hydrogens is 438 g/mol. The first-order valence-electron chi connectivity index (χ1n) is 11.7. The summed E-state index contributed by atoms with van der Waals surface area (Å²) in [6.45, 7) is 8.85. The Labute approximate surface area is 206 Å². The Morgan fingerprint density at radius 3 is 2.37 bits per heavy atom. The molecule has 4 rings (SSSR count). The number of hydrogen-bond donors (Lipinski definition) is 1. The zero-order valence-electron chi connectivity index (χ0n) is 20.9. The van der Waals surface area contributed by atoms with Crippen molar-refractivity contribution >= 4 is 22.4 Å². The maximum absolute atomic E-state index is 12.7. The number of aryl methyl sites for hydroxylation is 3. The maximum atomic E-state index is 12.7. The van der Waals surface area contributed by atoms with Crippen LogP contribution in [0.1, 0.15) is 40.5 Å². The van der Waals surface area contributed by atoms with E-state index in [2.05, 4.69) is 5.32 Å². The highest BCUT2D eigenvalue weighted by atomic mass is 16.5. The molecule has 0 saturated heterocycles. The predicted molar refractivity (Wildman–Crippen MR) is 140 cm³/mol. The van der Waals surface area contributed by atoms with Gasteiger partial charge in [0, 0.05) is 29.1 Å². The van der Waals surface area contributed by atoms with Gasteiger partial charge in [0.05, 0.1) is 7.11 Å². The average Bonchev–Trinajstić information content (AvgIpc) is 3.16. The Kier molecular flexibility index (Phi) is 7.25. The first-order valence-corrected chi connectivity index (χ1v) is 11.7. The van der Waals surface area contributed by atoms with Gasteiger partial charge in [0.15, 0.2) is 0 Å². The lowest BCUT2D eigenvalue weighted by molar-refractivity contribution is -0.116. The van der Waals surface area contributed by atoms with Crippen molar-refractivity contribution in [2.75, 3.05) is 7.11 Å². The molecule has 0 saturated carbocycles. The molecule has 0 aliphatic heterocycles. The standard InChI is InChI=1S/C30H31NO4/c1-19(26-16-27-20(2)22(4)35-30(27)21(3)29(26)33-5)15-28(32)31-17-23-11-13-25(14-12-23)34-18-24-9-7-6-8-10-24/h6-16H,17-18H2,1-5H3,(H,31,32)/b19-15+. The minimum Gasteiger partial charge on any atom is -0.496 e. The van der Waals surface area contributed by atoms with Crippen LogP contribution in [0.2, 0.25) is 0 Å². The Morgan fingerprint density at radius 1 is 0.971 bits per heavy atom. The lowest BCUT2D eigenvalue weighted by Crippen LogP contribution is -2.20. The van der Waals surface area contributed by atoms with Crippen LogP contribution in [-0.2, 0) is 17.9 Å². The molecule has 180 valence electrons. The highest BCUT2D eigenvalue weighted by Crippen LogP contribution is 2.38. The number of carbonyl (C=O) groups excluding carboxylic acids is 1. The molecule has 0 aliphatic rings. The van der Waals surface area contributed by atoms with Crippen molar-refractivity contribution in [3.05, 3.63) is 100 Å². The minimum absolute atomic E-state index is 0.160. The van der Waals surface area contributed by atoms with Gasteiger partial charge in [-0.15, -0.1) is 0 Å². The fourth-order valence-electron chi connectivity index (χ4n) is 4.13. The summed E-state index contributed by atoms with van der Waals surface area (Å²) in [6.07, 6.45) is 1.61. The van der Waals surface area contributed by atoms with Gasteiger partial charge in [-0.25, -0.2) is 0 Å². The predicted octanol–water partition coefficient (Wildman–Crippen LogP) is 6.67. The van der Waals surface area contributed by atoms with Gasteiger partial charge in [0.25, 0.3) is 0 Å². The number of benzene rings is 3. The summed E-state index contributed by atoms with van der Waals surface area (Å²) in [7, 11) is 1.64. The molecule has 1 amide bonds. The summed E-state index contributed by atoms with van der Waals surface area (Å²) in [5.74, 6) is 2.24. The van der Waals surface area contributed by atoms with Gasteiger partial charge in [-0.05, 0) is 68.2 Å². The second kappa shape index (κ2) is 10.5. The molecule has 35 heavy (non-hydrogen) atoms. The number of rotatable bonds is 8. The highest BCUT2D eigenvalue weighted by molar-refractivity contribution is 5.98. The molecule has 4 aromatic rings. The van der Waals surface area contributed by atoms with Crippen LogP contribution in [0.15, 0.2) is 71.2 Å². The van der Waals surface area contributed by atoms with E-state index in [1.54, 1.807) is 13.2 Å². The molecule has 0 unspecified atom stereocenters. The van der Waals surface area contributed by atoms with Crippen LogP contribution >= 0.6 is 0 Å². The molecule has 0 fully saturated rings. The molecule has 1 heterocycles. The molecule has 0 atom stereocenters. The molecule has 0 aliphatic carbocycles. The number of nitrogens with one attached hydrogen (secondary N) is 1. The van der Waals surface area contributed by atoms with Gasteiger partial charge >= 0.3 is 0 Å². The fraction of sp³-hybridized carbons (Fsp3) is 0.233. The van der Waals surface area contributed by atoms with Crippen molar-refractivity contribution < 1.29 is 18.7 Å². The SMILES string of the molecule is COc1c(/C(C)=C/C(=O)NCc2ccc(OCc3ccccc3)cc2)cc2c(C)c(C)oc2c1C. The third-order valence-corrected chi connectivity index (χ3v) is 6.26. The van der Waals surface area contributed by atoms with Crippen LogP contribution in [0.3, 0.4) is 0 Å². The van der Waals surface area contributed by atoms with Crippen molar-refractivity contribution in [1.29, 1.82) is 0 Å². The van der Waals surface area contributed by atoms with Crippen LogP contribution in [0, 0.1) is 20.8 Å². The van der Waals surface area contributed by atoms with Crippen LogP contribution in [0.5, 0.6) is 11.5 Å². The fourth-order valence-corrected chi connectivity index (χ4v) is 4.13. The van der Waals surface area contributed by atoms with Gasteiger partial charge in [0.2, 0.25) is 5.91 Å². The van der Waals surface area contributed by atoms with E-state index >= 15 is 0 Å². The van der Waals surface area contributed by atoms with Crippen molar-refractivity contribution in [2.45, 2.75) is 40.8 Å². The topological polar surface area (TPSA) is 60.7 Å². The highest BCUT2D eigenvalue weighted by Gasteiger charge is 2.18. The van der Waals surface area contributed by atoms with Crippen LogP contribution in [0.25, 0.3) is 16.5 Å². The number of fused-ring (bicyclic) bond motifs is 1. The number of carbonyl (C=O) groups is 1. The summed E-state index contributed by atoms with van der Waals surface area (Å²) in [5, 5.41) is 4.01. The first-order chi connectivity index (χ1) is 16.9. The Bertz CT molecular complexity index is 1370. The third-order valence-electron chi connectivity index (χ3n) is 6.26. The summed E-state index contributed by atoms with van der Waals surface area (Å²) in [4.78, 5) is 12.7. The molecule has 0 bridgehead atoms. The number of methoxy groups -OCH3 is 1. The normalized spacial score (nSPS) is 11.5. The van der Waals surface area contributed by atoms with E-state index in [0.717, 1.165) is 61.6 Å². The van der Waals surface area contributed by atoms with E-state index in [9.17, 15) is 4.79 Å². The van der Waals surface area contributed by atoms with Crippen molar-refractivity contribution in [3.8, 4) is 11.5 Å². The smallest absolute Gasteiger partial charge is 0.244 e.